The van der Waals surface area contributed by atoms with E-state index < -0.39 is 10.0 Å². The topological polar surface area (TPSA) is 89.6 Å². The zero-order valence-electron chi connectivity index (χ0n) is 17.5. The first-order valence-corrected chi connectivity index (χ1v) is 11.9. The number of aromatic nitrogens is 2. The van der Waals surface area contributed by atoms with Crippen LogP contribution in [0.5, 0.6) is 0 Å². The first-order valence-electron chi connectivity index (χ1n) is 10.5. The SMILES string of the molecule is Cc1ccc(N2CCN(C(=O)C3CCN(S(=O)(=O)c4cnc[nH]4)CC3)C[C@@H]2C)cc1. The number of nitrogens with one attached hydrogen (secondary N) is 1. The number of aryl methyl sites for hydroxylation is 1. The summed E-state index contributed by atoms with van der Waals surface area (Å²) >= 11 is 0. The molecule has 30 heavy (non-hydrogen) atoms. The van der Waals surface area contributed by atoms with Crippen LogP contribution < -0.4 is 4.90 Å². The van der Waals surface area contributed by atoms with Gasteiger partial charge >= 0.3 is 0 Å². The number of hydrogen-bond acceptors (Lipinski definition) is 5. The van der Waals surface area contributed by atoms with Crippen molar-refractivity contribution in [1.29, 1.82) is 0 Å². The second-order valence-corrected chi connectivity index (χ2v) is 10.2. The van der Waals surface area contributed by atoms with E-state index in [1.165, 1.54) is 28.1 Å². The summed E-state index contributed by atoms with van der Waals surface area (Å²) in [5.41, 5.74) is 2.43. The van der Waals surface area contributed by atoms with Gasteiger partial charge in [-0.25, -0.2) is 13.4 Å². The van der Waals surface area contributed by atoms with Gasteiger partial charge in [-0.2, -0.15) is 4.31 Å². The van der Waals surface area contributed by atoms with Crippen LogP contribution in [0.15, 0.2) is 41.8 Å². The highest BCUT2D eigenvalue weighted by Crippen LogP contribution is 2.26. The van der Waals surface area contributed by atoms with Crippen molar-refractivity contribution in [3.63, 3.8) is 0 Å². The standard InChI is InChI=1S/C21H29N5O3S/c1-16-3-5-19(6-4-16)26-12-11-24(14-17(26)2)21(27)18-7-9-25(10-8-18)30(28,29)20-13-22-15-23-20/h3-6,13,15,17-18H,7-12,14H2,1-2H3,(H,22,23)/t17-/m0/s1. The molecule has 0 aliphatic carbocycles. The molecule has 1 aromatic heterocycles. The molecule has 0 bridgehead atoms. The number of benzene rings is 1. The van der Waals surface area contributed by atoms with E-state index in [0.29, 0.717) is 39.0 Å². The number of carbonyl (C=O) groups excluding carboxylic acids is 1. The van der Waals surface area contributed by atoms with Crippen LogP contribution in [-0.2, 0) is 14.8 Å². The molecule has 0 radical (unpaired) electrons. The third-order valence-electron chi connectivity index (χ3n) is 6.20. The number of anilines is 1. The van der Waals surface area contributed by atoms with Crippen molar-refractivity contribution in [1.82, 2.24) is 19.2 Å². The molecule has 1 N–H and O–H groups in total. The second-order valence-electron chi connectivity index (χ2n) is 8.26. The molecule has 2 saturated heterocycles. The summed E-state index contributed by atoms with van der Waals surface area (Å²) in [7, 11) is -3.56. The molecule has 0 saturated carbocycles. The molecule has 162 valence electrons. The van der Waals surface area contributed by atoms with Crippen LogP contribution in [0, 0.1) is 12.8 Å². The lowest BCUT2D eigenvalue weighted by atomic mass is 9.95. The predicted octanol–water partition coefficient (Wildman–Crippen LogP) is 1.86. The highest BCUT2D eigenvalue weighted by Gasteiger charge is 2.36. The number of aromatic amines is 1. The normalized spacial score (nSPS) is 21.7. The summed E-state index contributed by atoms with van der Waals surface area (Å²) in [6.07, 6.45) is 3.79. The van der Waals surface area contributed by atoms with Crippen LogP contribution >= 0.6 is 0 Å². The Kier molecular flexibility index (Phi) is 5.84. The average Bonchev–Trinajstić information content (AvgIpc) is 3.30. The van der Waals surface area contributed by atoms with Crippen molar-refractivity contribution < 1.29 is 13.2 Å². The molecule has 1 aromatic carbocycles. The Morgan fingerprint density at radius 3 is 2.40 bits per heavy atom. The number of piperazine rings is 1. The molecule has 0 unspecified atom stereocenters. The lowest BCUT2D eigenvalue weighted by Gasteiger charge is -2.43. The van der Waals surface area contributed by atoms with Gasteiger partial charge in [-0.05, 0) is 38.8 Å². The van der Waals surface area contributed by atoms with E-state index in [-0.39, 0.29) is 22.9 Å². The van der Waals surface area contributed by atoms with Gasteiger partial charge in [0.15, 0.2) is 5.03 Å². The van der Waals surface area contributed by atoms with E-state index in [9.17, 15) is 13.2 Å². The zero-order valence-corrected chi connectivity index (χ0v) is 18.3. The van der Waals surface area contributed by atoms with Crippen molar-refractivity contribution in [2.24, 2.45) is 5.92 Å². The van der Waals surface area contributed by atoms with Crippen molar-refractivity contribution >= 4 is 21.6 Å². The quantitative estimate of drug-likeness (QED) is 0.798. The predicted molar refractivity (Wildman–Crippen MR) is 115 cm³/mol. The lowest BCUT2D eigenvalue weighted by Crippen LogP contribution is -2.55. The molecule has 2 aliphatic rings. The molecule has 9 heteroatoms. The van der Waals surface area contributed by atoms with Crippen LogP contribution in [0.2, 0.25) is 0 Å². The number of H-pyrrole nitrogens is 1. The van der Waals surface area contributed by atoms with Crippen LogP contribution in [0.4, 0.5) is 5.69 Å². The monoisotopic (exact) mass is 431 g/mol. The third kappa shape index (κ3) is 4.09. The number of amides is 1. The van der Waals surface area contributed by atoms with Crippen molar-refractivity contribution in [2.75, 3.05) is 37.6 Å². The number of rotatable bonds is 4. The van der Waals surface area contributed by atoms with Crippen LogP contribution in [0.3, 0.4) is 0 Å². The van der Waals surface area contributed by atoms with Gasteiger partial charge in [-0.1, -0.05) is 17.7 Å². The Morgan fingerprint density at radius 2 is 1.80 bits per heavy atom. The first-order chi connectivity index (χ1) is 14.4. The number of sulfonamides is 1. The fourth-order valence-corrected chi connectivity index (χ4v) is 5.77. The Bertz CT molecular complexity index is 967. The number of nitrogens with zero attached hydrogens (tertiary/aromatic N) is 4. The molecule has 1 atom stereocenters. The Labute approximate surface area is 177 Å². The minimum Gasteiger partial charge on any atom is -0.365 e. The van der Waals surface area contributed by atoms with E-state index in [2.05, 4.69) is 53.0 Å². The molecular weight excluding hydrogens is 402 g/mol. The van der Waals surface area contributed by atoms with Crippen molar-refractivity contribution in [3.05, 3.63) is 42.4 Å². The maximum atomic E-state index is 13.1. The Balaban J connectivity index is 1.33. The number of carbonyl (C=O) groups is 1. The van der Waals surface area contributed by atoms with Gasteiger partial charge in [0, 0.05) is 50.4 Å². The minimum absolute atomic E-state index is 0.105. The van der Waals surface area contributed by atoms with E-state index >= 15 is 0 Å². The fourth-order valence-electron chi connectivity index (χ4n) is 4.40. The first kappa shape index (κ1) is 20.9. The molecule has 2 aromatic rings. The van der Waals surface area contributed by atoms with Crippen LogP contribution in [-0.4, -0.2) is 72.3 Å². The molecule has 8 nitrogen and oxygen atoms in total. The zero-order chi connectivity index (χ0) is 21.3. The van der Waals surface area contributed by atoms with E-state index in [4.69, 9.17) is 0 Å². The lowest BCUT2D eigenvalue weighted by molar-refractivity contribution is -0.137. The van der Waals surface area contributed by atoms with E-state index in [1.54, 1.807) is 0 Å². The third-order valence-corrected chi connectivity index (χ3v) is 8.02. The molecule has 2 fully saturated rings. The number of imidazole rings is 1. The van der Waals surface area contributed by atoms with Crippen molar-refractivity contribution in [2.45, 2.75) is 37.8 Å². The Hall–Kier alpha value is -2.39. The Morgan fingerprint density at radius 1 is 1.10 bits per heavy atom. The summed E-state index contributed by atoms with van der Waals surface area (Å²) in [5, 5.41) is 0.105. The van der Waals surface area contributed by atoms with Gasteiger partial charge in [0.1, 0.15) is 0 Å². The smallest absolute Gasteiger partial charge is 0.260 e. The summed E-state index contributed by atoms with van der Waals surface area (Å²) < 4.78 is 26.7. The maximum Gasteiger partial charge on any atom is 0.260 e. The van der Waals surface area contributed by atoms with Gasteiger partial charge in [-0.15, -0.1) is 0 Å². The van der Waals surface area contributed by atoms with Crippen LogP contribution in [0.1, 0.15) is 25.3 Å². The maximum absolute atomic E-state index is 13.1. The summed E-state index contributed by atoms with van der Waals surface area (Å²) in [5.74, 6) is 0.0420. The molecule has 1 amide bonds. The van der Waals surface area contributed by atoms with Gasteiger partial charge in [-0.3, -0.25) is 4.79 Å². The summed E-state index contributed by atoms with van der Waals surface area (Å²) in [6.45, 7) is 7.15. The molecule has 4 rings (SSSR count). The van der Waals surface area contributed by atoms with Gasteiger partial charge in [0.25, 0.3) is 10.0 Å². The largest absolute Gasteiger partial charge is 0.365 e. The highest BCUT2D eigenvalue weighted by molar-refractivity contribution is 7.89. The average molecular weight is 432 g/mol. The van der Waals surface area contributed by atoms with Crippen LogP contribution in [0.25, 0.3) is 0 Å². The molecular formula is C21H29N5O3S. The minimum atomic E-state index is -3.56. The molecule has 0 spiro atoms. The highest BCUT2D eigenvalue weighted by atomic mass is 32.2. The summed E-state index contributed by atoms with van der Waals surface area (Å²) in [6, 6.07) is 8.75. The number of hydrogen-bond donors (Lipinski definition) is 1. The number of piperidine rings is 1. The molecule has 2 aliphatic heterocycles. The molecule has 3 heterocycles. The van der Waals surface area contributed by atoms with E-state index in [0.717, 1.165) is 6.54 Å². The fraction of sp³-hybridized carbons (Fsp3) is 0.524. The van der Waals surface area contributed by atoms with Gasteiger partial charge in [0.2, 0.25) is 5.91 Å². The van der Waals surface area contributed by atoms with Gasteiger partial charge < -0.3 is 14.8 Å². The van der Waals surface area contributed by atoms with Crippen molar-refractivity contribution in [3.8, 4) is 0 Å². The second kappa shape index (κ2) is 8.39. The van der Waals surface area contributed by atoms with Gasteiger partial charge in [0.05, 0.1) is 12.5 Å². The summed E-state index contributed by atoms with van der Waals surface area (Å²) in [4.78, 5) is 23.9. The van der Waals surface area contributed by atoms with E-state index in [1.807, 2.05) is 4.90 Å².